The van der Waals surface area contributed by atoms with Crippen LogP contribution >= 0.6 is 11.6 Å². The normalized spacial score (nSPS) is 10.3. The number of benzene rings is 2. The second-order valence-corrected chi connectivity index (χ2v) is 5.96. The van der Waals surface area contributed by atoms with Gasteiger partial charge in [0.2, 0.25) is 0 Å². The summed E-state index contributed by atoms with van der Waals surface area (Å²) < 4.78 is 5.32. The van der Waals surface area contributed by atoms with E-state index in [1.807, 2.05) is 31.2 Å². The summed E-state index contributed by atoms with van der Waals surface area (Å²) in [6.45, 7) is 1.90. The third-order valence-corrected chi connectivity index (χ3v) is 4.08. The van der Waals surface area contributed by atoms with E-state index in [0.717, 1.165) is 5.56 Å². The molecule has 0 fully saturated rings. The van der Waals surface area contributed by atoms with Crippen LogP contribution in [0.25, 0.3) is 0 Å². The van der Waals surface area contributed by atoms with Crippen LogP contribution in [0.5, 0.6) is 5.75 Å². The first-order valence-electron chi connectivity index (χ1n) is 7.88. The monoisotopic (exact) mass is 368 g/mol. The van der Waals surface area contributed by atoms with Gasteiger partial charge in [0.1, 0.15) is 5.75 Å². The SMILES string of the molecule is COc1cc(Cl)c(C)cc1Nc1ccc(C(=O)Nc2ccccc2)nn1. The standard InChI is InChI=1S/C19H17ClN4O2/c1-12-10-16(17(26-2)11-14(12)20)22-18-9-8-15(23-24-18)19(25)21-13-6-4-3-5-7-13/h3-11H,1-2H3,(H,21,25)(H,22,24). The number of aromatic nitrogens is 2. The summed E-state index contributed by atoms with van der Waals surface area (Å²) in [7, 11) is 1.56. The van der Waals surface area contributed by atoms with Crippen LogP contribution in [0.4, 0.5) is 17.2 Å². The van der Waals surface area contributed by atoms with Gasteiger partial charge in [0.25, 0.3) is 5.91 Å². The fraction of sp³-hybridized carbons (Fsp3) is 0.105. The Morgan fingerprint density at radius 2 is 1.85 bits per heavy atom. The van der Waals surface area contributed by atoms with Gasteiger partial charge in [-0.15, -0.1) is 10.2 Å². The number of para-hydroxylation sites is 1. The van der Waals surface area contributed by atoms with Crippen molar-refractivity contribution in [1.29, 1.82) is 0 Å². The molecule has 0 saturated carbocycles. The van der Waals surface area contributed by atoms with E-state index in [0.29, 0.717) is 28.0 Å². The fourth-order valence-electron chi connectivity index (χ4n) is 2.30. The zero-order valence-corrected chi connectivity index (χ0v) is 15.0. The predicted octanol–water partition coefficient (Wildman–Crippen LogP) is 4.44. The molecule has 1 amide bonds. The van der Waals surface area contributed by atoms with Crippen molar-refractivity contribution in [2.24, 2.45) is 0 Å². The Labute approximate surface area is 156 Å². The fourth-order valence-corrected chi connectivity index (χ4v) is 2.46. The maximum absolute atomic E-state index is 12.2. The Kier molecular flexibility index (Phi) is 5.34. The van der Waals surface area contributed by atoms with Crippen LogP contribution in [0.15, 0.2) is 54.6 Å². The lowest BCUT2D eigenvalue weighted by atomic mass is 10.2. The van der Waals surface area contributed by atoms with E-state index >= 15 is 0 Å². The molecule has 2 aromatic carbocycles. The van der Waals surface area contributed by atoms with E-state index in [9.17, 15) is 4.79 Å². The van der Waals surface area contributed by atoms with E-state index in [2.05, 4.69) is 20.8 Å². The second kappa shape index (κ2) is 7.84. The average molecular weight is 369 g/mol. The van der Waals surface area contributed by atoms with E-state index in [-0.39, 0.29) is 11.6 Å². The number of hydrogen-bond donors (Lipinski definition) is 2. The van der Waals surface area contributed by atoms with Crippen molar-refractivity contribution in [1.82, 2.24) is 10.2 Å². The Bertz CT molecular complexity index is 915. The predicted molar refractivity (Wildman–Crippen MR) is 102 cm³/mol. The maximum Gasteiger partial charge on any atom is 0.276 e. The van der Waals surface area contributed by atoms with Gasteiger partial charge in [-0.05, 0) is 42.8 Å². The number of nitrogens with zero attached hydrogens (tertiary/aromatic N) is 2. The number of aryl methyl sites for hydroxylation is 1. The Balaban J connectivity index is 1.74. The molecular weight excluding hydrogens is 352 g/mol. The van der Waals surface area contributed by atoms with E-state index < -0.39 is 0 Å². The van der Waals surface area contributed by atoms with Gasteiger partial charge in [-0.1, -0.05) is 29.8 Å². The molecule has 26 heavy (non-hydrogen) atoms. The van der Waals surface area contributed by atoms with Crippen molar-refractivity contribution in [3.63, 3.8) is 0 Å². The number of rotatable bonds is 5. The maximum atomic E-state index is 12.2. The molecule has 0 aliphatic carbocycles. The van der Waals surface area contributed by atoms with Gasteiger partial charge in [0, 0.05) is 16.8 Å². The molecule has 7 heteroatoms. The Hall–Kier alpha value is -3.12. The van der Waals surface area contributed by atoms with Crippen molar-refractivity contribution in [2.45, 2.75) is 6.92 Å². The summed E-state index contributed by atoms with van der Waals surface area (Å²) in [5.41, 5.74) is 2.54. The van der Waals surface area contributed by atoms with Crippen molar-refractivity contribution in [3.8, 4) is 5.75 Å². The number of halogens is 1. The van der Waals surface area contributed by atoms with Gasteiger partial charge in [0.15, 0.2) is 11.5 Å². The molecule has 0 radical (unpaired) electrons. The summed E-state index contributed by atoms with van der Waals surface area (Å²) in [4.78, 5) is 12.2. The van der Waals surface area contributed by atoms with Gasteiger partial charge in [-0.3, -0.25) is 4.79 Å². The van der Waals surface area contributed by atoms with Crippen molar-refractivity contribution in [2.75, 3.05) is 17.7 Å². The number of carbonyl (C=O) groups is 1. The Morgan fingerprint density at radius 1 is 1.08 bits per heavy atom. The first-order chi connectivity index (χ1) is 12.6. The lowest BCUT2D eigenvalue weighted by molar-refractivity contribution is 0.102. The zero-order chi connectivity index (χ0) is 18.5. The molecule has 0 aliphatic heterocycles. The molecule has 2 N–H and O–H groups in total. The molecule has 0 unspecified atom stereocenters. The minimum Gasteiger partial charge on any atom is -0.495 e. The van der Waals surface area contributed by atoms with Crippen LogP contribution < -0.4 is 15.4 Å². The van der Waals surface area contributed by atoms with Crippen LogP contribution in [0, 0.1) is 6.92 Å². The first-order valence-corrected chi connectivity index (χ1v) is 8.26. The molecule has 132 valence electrons. The van der Waals surface area contributed by atoms with Gasteiger partial charge in [0.05, 0.1) is 12.8 Å². The molecule has 0 spiro atoms. The summed E-state index contributed by atoms with van der Waals surface area (Å²) in [5, 5.41) is 14.5. The van der Waals surface area contributed by atoms with Crippen LogP contribution in [0.2, 0.25) is 5.02 Å². The number of ether oxygens (including phenoxy) is 1. The highest BCUT2D eigenvalue weighted by Gasteiger charge is 2.11. The molecular formula is C19H17ClN4O2. The highest BCUT2D eigenvalue weighted by Crippen LogP contribution is 2.32. The Morgan fingerprint density at radius 3 is 2.50 bits per heavy atom. The van der Waals surface area contributed by atoms with Gasteiger partial charge >= 0.3 is 0 Å². The molecule has 3 rings (SSSR count). The van der Waals surface area contributed by atoms with Gasteiger partial charge in [-0.2, -0.15) is 0 Å². The molecule has 6 nitrogen and oxygen atoms in total. The van der Waals surface area contributed by atoms with Gasteiger partial charge in [-0.25, -0.2) is 0 Å². The van der Waals surface area contributed by atoms with Crippen molar-refractivity contribution < 1.29 is 9.53 Å². The van der Waals surface area contributed by atoms with E-state index in [1.165, 1.54) is 0 Å². The van der Waals surface area contributed by atoms with Crippen LogP contribution in [-0.4, -0.2) is 23.2 Å². The van der Waals surface area contributed by atoms with Gasteiger partial charge < -0.3 is 15.4 Å². The minimum atomic E-state index is -0.324. The molecule has 0 aliphatic rings. The summed E-state index contributed by atoms with van der Waals surface area (Å²) in [6, 6.07) is 16.0. The van der Waals surface area contributed by atoms with E-state index in [1.54, 1.807) is 37.4 Å². The molecule has 0 atom stereocenters. The lowest BCUT2D eigenvalue weighted by Gasteiger charge is -2.12. The molecule has 1 aromatic heterocycles. The number of nitrogens with one attached hydrogen (secondary N) is 2. The molecule has 0 saturated heterocycles. The highest BCUT2D eigenvalue weighted by molar-refractivity contribution is 6.31. The first kappa shape index (κ1) is 17.7. The second-order valence-electron chi connectivity index (χ2n) is 5.55. The zero-order valence-electron chi connectivity index (χ0n) is 14.3. The number of methoxy groups -OCH3 is 1. The van der Waals surface area contributed by atoms with Crippen molar-refractivity contribution in [3.05, 3.63) is 70.9 Å². The minimum absolute atomic E-state index is 0.221. The van der Waals surface area contributed by atoms with Crippen LogP contribution in [0.3, 0.4) is 0 Å². The quantitative estimate of drug-likeness (QED) is 0.696. The largest absolute Gasteiger partial charge is 0.495 e. The topological polar surface area (TPSA) is 76.1 Å². The number of amides is 1. The summed E-state index contributed by atoms with van der Waals surface area (Å²) in [5.74, 6) is 0.754. The number of hydrogen-bond acceptors (Lipinski definition) is 5. The summed E-state index contributed by atoms with van der Waals surface area (Å²) >= 11 is 6.11. The third kappa shape index (κ3) is 4.10. The molecule has 0 bridgehead atoms. The van der Waals surface area contributed by atoms with Crippen molar-refractivity contribution >= 4 is 34.7 Å². The smallest absolute Gasteiger partial charge is 0.276 e. The highest BCUT2D eigenvalue weighted by atomic mass is 35.5. The third-order valence-electron chi connectivity index (χ3n) is 3.67. The number of carbonyl (C=O) groups excluding carboxylic acids is 1. The van der Waals surface area contributed by atoms with Crippen LogP contribution in [0.1, 0.15) is 16.1 Å². The number of anilines is 3. The van der Waals surface area contributed by atoms with E-state index in [4.69, 9.17) is 16.3 Å². The summed E-state index contributed by atoms with van der Waals surface area (Å²) in [6.07, 6.45) is 0. The average Bonchev–Trinajstić information content (AvgIpc) is 2.66. The van der Waals surface area contributed by atoms with Crippen LogP contribution in [-0.2, 0) is 0 Å². The lowest BCUT2D eigenvalue weighted by Crippen LogP contribution is -2.14. The molecule has 3 aromatic rings. The molecule has 1 heterocycles.